The van der Waals surface area contributed by atoms with E-state index in [0.717, 1.165) is 0 Å². The minimum atomic E-state index is -5.04. The maximum absolute atomic E-state index is 13.1. The number of hydrogen-bond acceptors (Lipinski definition) is 5. The number of carbonyl (C=O) groups excluding carboxylic acids is 1. The Morgan fingerprint density at radius 1 is 0.667 bits per heavy atom. The number of hydrogen-bond donors (Lipinski definition) is 0. The fourth-order valence-corrected chi connectivity index (χ4v) is 4.42. The molecule has 164 valence electrons. The molecule has 13 heteroatoms. The highest BCUT2D eigenvalue weighted by Crippen LogP contribution is 2.37. The molecule has 0 bridgehead atoms. The lowest BCUT2D eigenvalue weighted by Crippen LogP contribution is -2.15. The van der Waals surface area contributed by atoms with Crippen LogP contribution in [0.2, 0.25) is 0 Å². The van der Waals surface area contributed by atoms with Crippen LogP contribution in [0.5, 0.6) is 0 Å². The minimum Gasteiger partial charge on any atom is -0.289 e. The Morgan fingerprint density at radius 3 is 1.20 bits per heavy atom. The van der Waals surface area contributed by atoms with Gasteiger partial charge in [-0.2, -0.15) is 26.3 Å². The summed E-state index contributed by atoms with van der Waals surface area (Å²) in [7, 11) is -8.86. The van der Waals surface area contributed by atoms with E-state index in [9.17, 15) is 48.0 Å². The average molecular weight is 474 g/mol. The van der Waals surface area contributed by atoms with Crippen LogP contribution in [0.15, 0.2) is 46.2 Å². The van der Waals surface area contributed by atoms with Gasteiger partial charge < -0.3 is 0 Å². The van der Waals surface area contributed by atoms with Crippen LogP contribution in [0.4, 0.5) is 26.3 Å². The quantitative estimate of drug-likeness (QED) is 0.498. The maximum Gasteiger partial charge on any atom is 0.417 e. The van der Waals surface area contributed by atoms with Gasteiger partial charge in [0.1, 0.15) is 0 Å². The Kier molecular flexibility index (Phi) is 5.87. The number of benzene rings is 2. The summed E-state index contributed by atoms with van der Waals surface area (Å²) in [6, 6.07) is 2.89. The molecule has 0 heterocycles. The van der Waals surface area contributed by atoms with Gasteiger partial charge in [0, 0.05) is 23.6 Å². The number of sulfone groups is 2. The first-order chi connectivity index (χ1) is 13.3. The van der Waals surface area contributed by atoms with E-state index in [-0.39, 0.29) is 0 Å². The second kappa shape index (κ2) is 7.38. The van der Waals surface area contributed by atoms with Gasteiger partial charge in [0.05, 0.1) is 20.9 Å². The Hall–Kier alpha value is -2.41. The van der Waals surface area contributed by atoms with Crippen molar-refractivity contribution < 1.29 is 48.0 Å². The van der Waals surface area contributed by atoms with E-state index in [4.69, 9.17) is 0 Å². The average Bonchev–Trinajstić information content (AvgIpc) is 2.57. The molecular weight excluding hydrogens is 462 g/mol. The van der Waals surface area contributed by atoms with Crippen molar-refractivity contribution in [1.29, 1.82) is 0 Å². The van der Waals surface area contributed by atoms with Crippen LogP contribution >= 0.6 is 0 Å². The summed E-state index contributed by atoms with van der Waals surface area (Å²) in [5, 5.41) is 0. The van der Waals surface area contributed by atoms with E-state index in [1.807, 2.05) is 0 Å². The van der Waals surface area contributed by atoms with Crippen molar-refractivity contribution in [3.05, 3.63) is 58.7 Å². The van der Waals surface area contributed by atoms with E-state index in [2.05, 4.69) is 0 Å². The van der Waals surface area contributed by atoms with Crippen molar-refractivity contribution in [2.45, 2.75) is 22.1 Å². The normalized spacial score (nSPS) is 13.3. The van der Waals surface area contributed by atoms with Gasteiger partial charge in [0.25, 0.3) is 0 Å². The standard InChI is InChI=1S/C17H12F6O5S2/c1-29(25,26)13-7-9(3-5-11(13)16(18,19)20)15(24)10-4-6-12(17(21,22)23)14(8-10)30(2,27)28/h3-8H,1-2H3. The zero-order valence-corrected chi connectivity index (χ0v) is 16.7. The lowest BCUT2D eigenvalue weighted by Gasteiger charge is -2.14. The summed E-state index contributed by atoms with van der Waals surface area (Å²) in [6.45, 7) is 0. The molecule has 0 aliphatic carbocycles. The lowest BCUT2D eigenvalue weighted by atomic mass is 10.0. The molecule has 2 rings (SSSR count). The minimum absolute atomic E-state index is 0.352. The number of ketones is 1. The van der Waals surface area contributed by atoms with Gasteiger partial charge in [-0.1, -0.05) is 12.1 Å². The molecule has 0 unspecified atom stereocenters. The SMILES string of the molecule is CS(=O)(=O)c1cc(C(=O)c2ccc(C(F)(F)F)c(S(C)(=O)=O)c2)ccc1C(F)(F)F. The molecule has 30 heavy (non-hydrogen) atoms. The van der Waals surface area contributed by atoms with Gasteiger partial charge >= 0.3 is 12.4 Å². The molecule has 5 nitrogen and oxygen atoms in total. The fourth-order valence-electron chi connectivity index (χ4n) is 2.58. The third-order valence-corrected chi connectivity index (χ3v) is 6.17. The monoisotopic (exact) mass is 474 g/mol. The highest BCUT2D eigenvalue weighted by Gasteiger charge is 2.38. The van der Waals surface area contributed by atoms with Crippen LogP contribution in [0, 0.1) is 0 Å². The molecule has 0 atom stereocenters. The van der Waals surface area contributed by atoms with E-state index in [0.29, 0.717) is 48.9 Å². The number of carbonyl (C=O) groups is 1. The summed E-state index contributed by atoms with van der Waals surface area (Å²) in [6.07, 6.45) is -9.10. The predicted octanol–water partition coefficient (Wildman–Crippen LogP) is 3.76. The van der Waals surface area contributed by atoms with E-state index in [1.54, 1.807) is 0 Å². The molecule has 2 aromatic rings. The van der Waals surface area contributed by atoms with E-state index in [1.165, 1.54) is 0 Å². The summed E-state index contributed by atoms with van der Waals surface area (Å²) in [5.41, 5.74) is -4.21. The topological polar surface area (TPSA) is 85.3 Å². The first-order valence-corrected chi connectivity index (χ1v) is 11.5. The van der Waals surface area contributed by atoms with E-state index >= 15 is 0 Å². The second-order valence-corrected chi connectivity index (χ2v) is 10.3. The van der Waals surface area contributed by atoms with Crippen LogP contribution in [0.25, 0.3) is 0 Å². The highest BCUT2D eigenvalue weighted by molar-refractivity contribution is 7.91. The van der Waals surface area contributed by atoms with Crippen molar-refractivity contribution in [2.24, 2.45) is 0 Å². The Labute approximate surface area is 167 Å². The number of alkyl halides is 6. The molecule has 0 N–H and O–H groups in total. The summed E-state index contributed by atoms with van der Waals surface area (Å²) >= 11 is 0. The largest absolute Gasteiger partial charge is 0.417 e. The first kappa shape index (κ1) is 23.9. The van der Waals surface area contributed by atoms with Crippen molar-refractivity contribution >= 4 is 25.5 Å². The first-order valence-electron chi connectivity index (χ1n) is 7.71. The van der Waals surface area contributed by atoms with Crippen LogP contribution in [-0.2, 0) is 32.0 Å². The van der Waals surface area contributed by atoms with Crippen LogP contribution in [0.1, 0.15) is 27.0 Å². The van der Waals surface area contributed by atoms with Gasteiger partial charge in [-0.05, 0) is 24.3 Å². The maximum atomic E-state index is 13.1. The van der Waals surface area contributed by atoms with Crippen molar-refractivity contribution in [3.63, 3.8) is 0 Å². The third kappa shape index (κ3) is 5.01. The Bertz CT molecular complexity index is 1130. The van der Waals surface area contributed by atoms with E-state index < -0.39 is 69.9 Å². The van der Waals surface area contributed by atoms with Crippen LogP contribution in [-0.4, -0.2) is 35.1 Å². The Balaban J connectivity index is 2.70. The molecule has 0 spiro atoms. The highest BCUT2D eigenvalue weighted by atomic mass is 32.2. The third-order valence-electron chi connectivity index (χ3n) is 3.90. The molecule has 2 aromatic carbocycles. The molecule has 0 aliphatic rings. The molecule has 0 aliphatic heterocycles. The molecule has 0 radical (unpaired) electrons. The van der Waals surface area contributed by atoms with Crippen LogP contribution < -0.4 is 0 Å². The zero-order chi connectivity index (χ0) is 23.3. The van der Waals surface area contributed by atoms with Gasteiger partial charge in [0.15, 0.2) is 25.5 Å². The molecule has 0 saturated heterocycles. The molecular formula is C17H12F6O5S2. The van der Waals surface area contributed by atoms with Gasteiger partial charge in [-0.25, -0.2) is 16.8 Å². The fraction of sp³-hybridized carbons (Fsp3) is 0.235. The van der Waals surface area contributed by atoms with Gasteiger partial charge in [-0.3, -0.25) is 4.79 Å². The lowest BCUT2D eigenvalue weighted by molar-refractivity contribution is -0.140. The van der Waals surface area contributed by atoms with Crippen molar-refractivity contribution in [1.82, 2.24) is 0 Å². The molecule has 0 amide bonds. The molecule has 0 fully saturated rings. The molecule has 0 aromatic heterocycles. The summed E-state index contributed by atoms with van der Waals surface area (Å²) < 4.78 is 125. The van der Waals surface area contributed by atoms with Crippen molar-refractivity contribution in [2.75, 3.05) is 12.5 Å². The molecule has 0 saturated carbocycles. The summed E-state index contributed by atoms with van der Waals surface area (Å²) in [4.78, 5) is 10.2. The number of rotatable bonds is 4. The smallest absolute Gasteiger partial charge is 0.289 e. The van der Waals surface area contributed by atoms with Gasteiger partial charge in [-0.15, -0.1) is 0 Å². The predicted molar refractivity (Wildman–Crippen MR) is 92.5 cm³/mol. The summed E-state index contributed by atoms with van der Waals surface area (Å²) in [5.74, 6) is -1.16. The van der Waals surface area contributed by atoms with Gasteiger partial charge in [0.2, 0.25) is 0 Å². The second-order valence-electron chi connectivity index (χ2n) is 6.29. The Morgan fingerprint density at radius 2 is 0.967 bits per heavy atom. The zero-order valence-electron chi connectivity index (χ0n) is 15.1. The van der Waals surface area contributed by atoms with Crippen molar-refractivity contribution in [3.8, 4) is 0 Å². The van der Waals surface area contributed by atoms with Crippen LogP contribution in [0.3, 0.4) is 0 Å². The number of halogens is 6.